The quantitative estimate of drug-likeness (QED) is 0.816. The molecule has 2 aromatic carbocycles. The lowest BCUT2D eigenvalue weighted by molar-refractivity contribution is 0.492. The topological polar surface area (TPSA) is 12.0 Å². The maximum absolute atomic E-state index is 13.5. The van der Waals surface area contributed by atoms with Gasteiger partial charge in [0.05, 0.1) is 5.02 Å². The van der Waals surface area contributed by atoms with Crippen molar-refractivity contribution in [3.05, 3.63) is 70.0 Å². The molecule has 3 heteroatoms. The van der Waals surface area contributed by atoms with Crippen molar-refractivity contribution in [2.45, 2.75) is 32.9 Å². The van der Waals surface area contributed by atoms with E-state index < -0.39 is 0 Å². The van der Waals surface area contributed by atoms with Gasteiger partial charge in [0.15, 0.2) is 0 Å². The molecule has 0 radical (unpaired) electrons. The van der Waals surface area contributed by atoms with Crippen LogP contribution >= 0.6 is 11.6 Å². The molecule has 2 aromatic rings. The lowest BCUT2D eigenvalue weighted by atomic mass is 10.0. The van der Waals surface area contributed by atoms with Gasteiger partial charge < -0.3 is 5.32 Å². The van der Waals surface area contributed by atoms with Crippen LogP contribution in [-0.4, -0.2) is 0 Å². The van der Waals surface area contributed by atoms with Gasteiger partial charge in [0, 0.05) is 12.1 Å². The number of benzene rings is 2. The molecule has 0 aliphatic carbocycles. The molecule has 0 amide bonds. The highest BCUT2D eigenvalue weighted by Gasteiger charge is 2.12. The fraction of sp³-hybridized carbons (Fsp3) is 0.294. The molecule has 1 unspecified atom stereocenters. The van der Waals surface area contributed by atoms with Crippen molar-refractivity contribution in [1.82, 2.24) is 5.32 Å². The van der Waals surface area contributed by atoms with E-state index in [1.165, 1.54) is 17.2 Å². The highest BCUT2D eigenvalue weighted by molar-refractivity contribution is 6.30. The van der Waals surface area contributed by atoms with E-state index in [9.17, 15) is 4.39 Å². The average molecular weight is 292 g/mol. The summed E-state index contributed by atoms with van der Waals surface area (Å²) >= 11 is 5.71. The number of rotatable bonds is 4. The summed E-state index contributed by atoms with van der Waals surface area (Å²) in [5.74, 6) is -0.374. The van der Waals surface area contributed by atoms with E-state index in [4.69, 9.17) is 11.6 Å². The Morgan fingerprint density at radius 2 is 1.50 bits per heavy atom. The first-order chi connectivity index (χ1) is 9.47. The Hall–Kier alpha value is -1.38. The summed E-state index contributed by atoms with van der Waals surface area (Å²) in [7, 11) is 0. The smallest absolute Gasteiger partial charge is 0.142 e. The van der Waals surface area contributed by atoms with E-state index in [2.05, 4.69) is 43.4 Å². The Kier molecular flexibility index (Phi) is 4.79. The number of hydrogen-bond acceptors (Lipinski definition) is 1. The molecule has 0 saturated heterocycles. The number of halogens is 2. The minimum absolute atomic E-state index is 0.0538. The van der Waals surface area contributed by atoms with Crippen LogP contribution in [0.5, 0.6) is 0 Å². The van der Waals surface area contributed by atoms with Gasteiger partial charge in [-0.3, -0.25) is 0 Å². The SMILES string of the molecule is Cc1ccc([C@@H](C)NC(C)c2ccc(Cl)c(F)c2)cc1. The van der Waals surface area contributed by atoms with Crippen LogP contribution in [0.2, 0.25) is 5.02 Å². The van der Waals surface area contributed by atoms with Crippen LogP contribution in [0.3, 0.4) is 0 Å². The van der Waals surface area contributed by atoms with Crippen molar-refractivity contribution in [3.8, 4) is 0 Å². The molecule has 1 N–H and O–H groups in total. The number of aryl methyl sites for hydroxylation is 1. The fourth-order valence-corrected chi connectivity index (χ4v) is 2.32. The normalized spacial score (nSPS) is 14.1. The van der Waals surface area contributed by atoms with Gasteiger partial charge in [-0.1, -0.05) is 47.5 Å². The van der Waals surface area contributed by atoms with Crippen LogP contribution in [0, 0.1) is 12.7 Å². The third kappa shape index (κ3) is 3.59. The molecule has 20 heavy (non-hydrogen) atoms. The highest BCUT2D eigenvalue weighted by atomic mass is 35.5. The minimum atomic E-state index is -0.374. The maximum atomic E-state index is 13.5. The first kappa shape index (κ1) is 15.0. The Morgan fingerprint density at radius 3 is 2.10 bits per heavy atom. The van der Waals surface area contributed by atoms with Gasteiger partial charge in [-0.15, -0.1) is 0 Å². The van der Waals surface area contributed by atoms with Gasteiger partial charge in [0.2, 0.25) is 0 Å². The van der Waals surface area contributed by atoms with Crippen molar-refractivity contribution >= 4 is 11.6 Å². The summed E-state index contributed by atoms with van der Waals surface area (Å²) in [4.78, 5) is 0. The minimum Gasteiger partial charge on any atom is -0.304 e. The molecule has 0 aromatic heterocycles. The molecule has 0 spiro atoms. The summed E-state index contributed by atoms with van der Waals surface area (Å²) in [6.45, 7) is 6.20. The molecule has 0 aliphatic rings. The van der Waals surface area contributed by atoms with E-state index >= 15 is 0 Å². The first-order valence-electron chi connectivity index (χ1n) is 6.75. The predicted molar refractivity (Wildman–Crippen MR) is 82.6 cm³/mol. The van der Waals surface area contributed by atoms with Gasteiger partial charge in [0.1, 0.15) is 5.82 Å². The van der Waals surface area contributed by atoms with Crippen molar-refractivity contribution < 1.29 is 4.39 Å². The highest BCUT2D eigenvalue weighted by Crippen LogP contribution is 2.23. The predicted octanol–water partition coefficient (Wildman–Crippen LogP) is 5.20. The molecule has 0 saturated carbocycles. The lowest BCUT2D eigenvalue weighted by Gasteiger charge is -2.21. The third-order valence-electron chi connectivity index (χ3n) is 3.52. The van der Waals surface area contributed by atoms with Gasteiger partial charge in [-0.2, -0.15) is 0 Å². The van der Waals surface area contributed by atoms with Crippen LogP contribution < -0.4 is 5.32 Å². The van der Waals surface area contributed by atoms with Gasteiger partial charge >= 0.3 is 0 Å². The van der Waals surface area contributed by atoms with Crippen molar-refractivity contribution in [3.63, 3.8) is 0 Å². The van der Waals surface area contributed by atoms with E-state index in [0.29, 0.717) is 0 Å². The van der Waals surface area contributed by atoms with Gasteiger partial charge in [0.25, 0.3) is 0 Å². The van der Waals surface area contributed by atoms with Gasteiger partial charge in [-0.25, -0.2) is 4.39 Å². The van der Waals surface area contributed by atoms with E-state index in [0.717, 1.165) is 5.56 Å². The standard InChI is InChI=1S/C17H19ClFN/c1-11-4-6-14(7-5-11)12(2)20-13(3)15-8-9-16(18)17(19)10-15/h4-10,12-13,20H,1-3H3/t12-,13?/m1/s1. The zero-order valence-corrected chi connectivity index (χ0v) is 12.7. The molecular formula is C17H19ClFN. The molecule has 2 rings (SSSR count). The molecule has 0 aliphatic heterocycles. The molecule has 106 valence electrons. The van der Waals surface area contributed by atoms with E-state index in [1.807, 2.05) is 13.0 Å². The van der Waals surface area contributed by atoms with E-state index in [-0.39, 0.29) is 22.9 Å². The van der Waals surface area contributed by atoms with Crippen LogP contribution in [0.4, 0.5) is 4.39 Å². The second-order valence-corrected chi connectivity index (χ2v) is 5.60. The van der Waals surface area contributed by atoms with Crippen LogP contribution in [-0.2, 0) is 0 Å². The van der Waals surface area contributed by atoms with Crippen molar-refractivity contribution in [2.24, 2.45) is 0 Å². The monoisotopic (exact) mass is 291 g/mol. The van der Waals surface area contributed by atoms with E-state index in [1.54, 1.807) is 6.07 Å². The maximum Gasteiger partial charge on any atom is 0.142 e. The fourth-order valence-electron chi connectivity index (χ4n) is 2.20. The lowest BCUT2D eigenvalue weighted by Crippen LogP contribution is -2.22. The third-order valence-corrected chi connectivity index (χ3v) is 3.83. The second kappa shape index (κ2) is 6.38. The summed E-state index contributed by atoms with van der Waals surface area (Å²) in [6, 6.07) is 13.6. The Balaban J connectivity index is 2.08. The second-order valence-electron chi connectivity index (χ2n) is 5.19. The number of hydrogen-bond donors (Lipinski definition) is 1. The molecule has 2 atom stereocenters. The molecule has 0 heterocycles. The van der Waals surface area contributed by atoms with Crippen LogP contribution in [0.25, 0.3) is 0 Å². The molecule has 0 bridgehead atoms. The summed E-state index contributed by atoms with van der Waals surface area (Å²) in [6.07, 6.45) is 0. The molecule has 0 fully saturated rings. The Labute approximate surface area is 124 Å². The largest absolute Gasteiger partial charge is 0.304 e. The Morgan fingerprint density at radius 1 is 0.950 bits per heavy atom. The first-order valence-corrected chi connectivity index (χ1v) is 7.12. The average Bonchev–Trinajstić information content (AvgIpc) is 2.42. The summed E-state index contributed by atoms with van der Waals surface area (Å²) in [5, 5.41) is 3.63. The summed E-state index contributed by atoms with van der Waals surface area (Å²) in [5.41, 5.74) is 3.36. The van der Waals surface area contributed by atoms with Crippen LogP contribution in [0.15, 0.2) is 42.5 Å². The Bertz CT molecular complexity index is 580. The van der Waals surface area contributed by atoms with Gasteiger partial charge in [-0.05, 0) is 44.0 Å². The zero-order valence-electron chi connectivity index (χ0n) is 12.0. The molecule has 1 nitrogen and oxygen atoms in total. The number of nitrogens with one attached hydrogen (secondary N) is 1. The summed E-state index contributed by atoms with van der Waals surface area (Å²) < 4.78 is 13.5. The molecular weight excluding hydrogens is 273 g/mol. The van der Waals surface area contributed by atoms with Crippen molar-refractivity contribution in [1.29, 1.82) is 0 Å². The van der Waals surface area contributed by atoms with Crippen LogP contribution in [0.1, 0.15) is 42.6 Å². The zero-order chi connectivity index (χ0) is 14.7. The van der Waals surface area contributed by atoms with Crippen molar-refractivity contribution in [2.75, 3.05) is 0 Å².